The van der Waals surface area contributed by atoms with Gasteiger partial charge in [0.25, 0.3) is 0 Å². The predicted octanol–water partition coefficient (Wildman–Crippen LogP) is -1.91. The standard InChI is InChI=1S/C10H14O7/c1-5(11)2-3-9(14)8(13)17-7-6(12)4-16-10(7,9)15/h6-7,12,14-15H,2-4H2,1H3/t6-,7+,9+,10+/m0/s1. The third-order valence-electron chi connectivity index (χ3n) is 3.21. The highest BCUT2D eigenvalue weighted by Gasteiger charge is 2.72. The summed E-state index contributed by atoms with van der Waals surface area (Å²) in [6.07, 6.45) is -2.90. The zero-order valence-electron chi connectivity index (χ0n) is 9.25. The first kappa shape index (κ1) is 12.4. The fraction of sp³-hybridized carbons (Fsp3) is 0.800. The number of Topliss-reactive ketones (excluding diaryl/α,β-unsaturated/α-hetero) is 1. The summed E-state index contributed by atoms with van der Waals surface area (Å²) < 4.78 is 9.62. The lowest BCUT2D eigenvalue weighted by Crippen LogP contribution is -2.58. The number of aliphatic hydroxyl groups is 3. The van der Waals surface area contributed by atoms with E-state index in [4.69, 9.17) is 9.47 Å². The zero-order chi connectivity index (χ0) is 12.8. The molecule has 0 radical (unpaired) electrons. The van der Waals surface area contributed by atoms with Gasteiger partial charge in [-0.2, -0.15) is 0 Å². The van der Waals surface area contributed by atoms with Crippen molar-refractivity contribution in [2.45, 2.75) is 43.4 Å². The van der Waals surface area contributed by atoms with Crippen molar-refractivity contribution in [1.82, 2.24) is 0 Å². The molecule has 0 aromatic rings. The van der Waals surface area contributed by atoms with Crippen LogP contribution in [0, 0.1) is 0 Å². The Morgan fingerprint density at radius 1 is 1.53 bits per heavy atom. The first-order valence-corrected chi connectivity index (χ1v) is 5.28. The van der Waals surface area contributed by atoms with E-state index in [9.17, 15) is 24.9 Å². The minimum Gasteiger partial charge on any atom is -0.451 e. The molecule has 2 heterocycles. The summed E-state index contributed by atoms with van der Waals surface area (Å²) in [5.74, 6) is -3.60. The molecule has 2 fully saturated rings. The van der Waals surface area contributed by atoms with Crippen molar-refractivity contribution in [3.05, 3.63) is 0 Å². The number of hydrogen-bond acceptors (Lipinski definition) is 7. The smallest absolute Gasteiger partial charge is 0.344 e. The SMILES string of the molecule is CC(=O)CC[C@@]1(O)C(=O)O[C@@H]2[C@@H](O)CO[C@]21O. The Bertz CT molecular complexity index is 368. The van der Waals surface area contributed by atoms with Crippen molar-refractivity contribution >= 4 is 11.8 Å². The number of carbonyl (C=O) groups excluding carboxylic acids is 2. The van der Waals surface area contributed by atoms with Gasteiger partial charge in [0.2, 0.25) is 11.4 Å². The Kier molecular flexibility index (Phi) is 2.74. The molecular formula is C10H14O7. The molecule has 0 spiro atoms. The van der Waals surface area contributed by atoms with Gasteiger partial charge in [0.15, 0.2) is 6.10 Å². The van der Waals surface area contributed by atoms with Crippen molar-refractivity contribution in [2.24, 2.45) is 0 Å². The Hall–Kier alpha value is -1.02. The number of ether oxygens (including phenoxy) is 2. The minimum atomic E-state index is -2.30. The van der Waals surface area contributed by atoms with Crippen molar-refractivity contribution in [2.75, 3.05) is 6.61 Å². The van der Waals surface area contributed by atoms with E-state index in [1.54, 1.807) is 0 Å². The highest BCUT2D eigenvalue weighted by Crippen LogP contribution is 2.45. The molecule has 2 rings (SSSR count). The summed E-state index contributed by atoms with van der Waals surface area (Å²) in [7, 11) is 0. The molecule has 0 saturated carbocycles. The second-order valence-electron chi connectivity index (χ2n) is 4.46. The van der Waals surface area contributed by atoms with Crippen LogP contribution in [0.4, 0.5) is 0 Å². The van der Waals surface area contributed by atoms with Crippen LogP contribution < -0.4 is 0 Å². The summed E-state index contributed by atoms with van der Waals surface area (Å²) in [6, 6.07) is 0. The average molecular weight is 246 g/mol. The van der Waals surface area contributed by atoms with Gasteiger partial charge in [0.05, 0.1) is 6.61 Å². The van der Waals surface area contributed by atoms with Crippen LogP contribution in [0.2, 0.25) is 0 Å². The molecule has 0 unspecified atom stereocenters. The van der Waals surface area contributed by atoms with Crippen molar-refractivity contribution < 1.29 is 34.4 Å². The van der Waals surface area contributed by atoms with E-state index >= 15 is 0 Å². The van der Waals surface area contributed by atoms with Crippen LogP contribution in [0.1, 0.15) is 19.8 Å². The molecule has 2 aliphatic heterocycles. The summed E-state index contributed by atoms with van der Waals surface area (Å²) in [6.45, 7) is 1.06. The monoisotopic (exact) mass is 246 g/mol. The molecule has 3 N–H and O–H groups in total. The first-order valence-electron chi connectivity index (χ1n) is 5.28. The molecule has 17 heavy (non-hydrogen) atoms. The number of esters is 1. The van der Waals surface area contributed by atoms with Gasteiger partial charge in [0.1, 0.15) is 11.9 Å². The van der Waals surface area contributed by atoms with Gasteiger partial charge in [0, 0.05) is 6.42 Å². The van der Waals surface area contributed by atoms with Crippen LogP contribution in [0.25, 0.3) is 0 Å². The number of hydrogen-bond donors (Lipinski definition) is 3. The normalized spacial score (nSPS) is 44.6. The van der Waals surface area contributed by atoms with Gasteiger partial charge in [-0.05, 0) is 13.3 Å². The van der Waals surface area contributed by atoms with Crippen LogP contribution in [0.5, 0.6) is 0 Å². The summed E-state index contributed by atoms with van der Waals surface area (Å²) in [5, 5.41) is 29.7. The second-order valence-corrected chi connectivity index (χ2v) is 4.46. The van der Waals surface area contributed by atoms with Gasteiger partial charge >= 0.3 is 5.97 Å². The molecule has 2 saturated heterocycles. The fourth-order valence-corrected chi connectivity index (χ4v) is 2.15. The number of aliphatic hydroxyl groups excluding tert-OH is 1. The van der Waals surface area contributed by atoms with E-state index < -0.39 is 29.6 Å². The Labute approximate surface area is 96.9 Å². The van der Waals surface area contributed by atoms with E-state index in [-0.39, 0.29) is 25.2 Å². The molecule has 0 bridgehead atoms. The molecule has 4 atom stereocenters. The largest absolute Gasteiger partial charge is 0.451 e. The van der Waals surface area contributed by atoms with E-state index in [0.717, 1.165) is 0 Å². The number of rotatable bonds is 3. The molecule has 0 amide bonds. The molecule has 0 aliphatic carbocycles. The second kappa shape index (κ2) is 3.74. The highest BCUT2D eigenvalue weighted by molar-refractivity contribution is 5.85. The molecule has 96 valence electrons. The molecule has 2 aliphatic rings. The lowest BCUT2D eigenvalue weighted by Gasteiger charge is -2.31. The molecule has 7 heteroatoms. The maximum Gasteiger partial charge on any atom is 0.344 e. The predicted molar refractivity (Wildman–Crippen MR) is 51.7 cm³/mol. The van der Waals surface area contributed by atoms with Crippen molar-refractivity contribution in [3.63, 3.8) is 0 Å². The van der Waals surface area contributed by atoms with E-state index in [1.807, 2.05) is 0 Å². The Morgan fingerprint density at radius 3 is 2.76 bits per heavy atom. The maximum absolute atomic E-state index is 11.5. The van der Waals surface area contributed by atoms with E-state index in [1.165, 1.54) is 6.92 Å². The summed E-state index contributed by atoms with van der Waals surface area (Å²) in [5.41, 5.74) is -2.30. The van der Waals surface area contributed by atoms with Crippen LogP contribution in [0.15, 0.2) is 0 Å². The lowest BCUT2D eigenvalue weighted by molar-refractivity contribution is -0.264. The van der Waals surface area contributed by atoms with E-state index in [0.29, 0.717) is 0 Å². The van der Waals surface area contributed by atoms with Crippen molar-refractivity contribution in [1.29, 1.82) is 0 Å². The van der Waals surface area contributed by atoms with Crippen LogP contribution in [-0.4, -0.2) is 57.3 Å². The van der Waals surface area contributed by atoms with E-state index in [2.05, 4.69) is 0 Å². The van der Waals surface area contributed by atoms with Gasteiger partial charge in [-0.15, -0.1) is 0 Å². The van der Waals surface area contributed by atoms with Gasteiger partial charge in [-0.1, -0.05) is 0 Å². The quantitative estimate of drug-likeness (QED) is 0.498. The topological polar surface area (TPSA) is 113 Å². The van der Waals surface area contributed by atoms with Gasteiger partial charge in [-0.25, -0.2) is 4.79 Å². The van der Waals surface area contributed by atoms with Crippen LogP contribution in [0.3, 0.4) is 0 Å². The number of fused-ring (bicyclic) bond motifs is 1. The fourth-order valence-electron chi connectivity index (χ4n) is 2.15. The maximum atomic E-state index is 11.5. The Morgan fingerprint density at radius 2 is 2.18 bits per heavy atom. The Balaban J connectivity index is 2.26. The average Bonchev–Trinajstić information content (AvgIpc) is 2.64. The first-order chi connectivity index (χ1) is 7.81. The summed E-state index contributed by atoms with van der Waals surface area (Å²) in [4.78, 5) is 22.4. The van der Waals surface area contributed by atoms with Gasteiger partial charge < -0.3 is 29.6 Å². The van der Waals surface area contributed by atoms with Crippen molar-refractivity contribution in [3.8, 4) is 0 Å². The molecule has 0 aromatic heterocycles. The number of ketones is 1. The van der Waals surface area contributed by atoms with Crippen LogP contribution in [-0.2, 0) is 19.1 Å². The molecular weight excluding hydrogens is 232 g/mol. The molecule has 7 nitrogen and oxygen atoms in total. The van der Waals surface area contributed by atoms with Crippen LogP contribution >= 0.6 is 0 Å². The minimum absolute atomic E-state index is 0.0971. The summed E-state index contributed by atoms with van der Waals surface area (Å²) >= 11 is 0. The van der Waals surface area contributed by atoms with Gasteiger partial charge in [-0.3, -0.25) is 0 Å². The zero-order valence-corrected chi connectivity index (χ0v) is 9.25. The molecule has 0 aromatic carbocycles. The third-order valence-corrected chi connectivity index (χ3v) is 3.21. The third kappa shape index (κ3) is 1.58. The lowest BCUT2D eigenvalue weighted by atomic mass is 9.86. The highest BCUT2D eigenvalue weighted by atomic mass is 16.7. The number of carbonyl (C=O) groups is 2.